The number of aromatic amines is 1. The van der Waals surface area contributed by atoms with Crippen LogP contribution in [0.3, 0.4) is 0 Å². The van der Waals surface area contributed by atoms with Crippen LogP contribution in [0.25, 0.3) is 11.0 Å². The summed E-state index contributed by atoms with van der Waals surface area (Å²) in [4.78, 5) is 17.9. The Morgan fingerprint density at radius 2 is 2.40 bits per heavy atom. The number of fused-ring (bicyclic) bond motifs is 1. The average Bonchev–Trinajstić information content (AvgIpc) is 3.19. The van der Waals surface area contributed by atoms with Crippen molar-refractivity contribution >= 4 is 29.2 Å². The Morgan fingerprint density at radius 1 is 1.65 bits per heavy atom. The molecule has 0 aliphatic heterocycles. The van der Waals surface area contributed by atoms with Gasteiger partial charge in [0.1, 0.15) is 11.6 Å². The van der Waals surface area contributed by atoms with Crippen molar-refractivity contribution < 1.29 is 9.90 Å². The third kappa shape index (κ3) is 1.98. The van der Waals surface area contributed by atoms with Crippen molar-refractivity contribution in [2.45, 2.75) is 31.7 Å². The summed E-state index contributed by atoms with van der Waals surface area (Å²) in [6.07, 6.45) is 3.53. The minimum Gasteiger partial charge on any atom is -0.481 e. The highest BCUT2D eigenvalue weighted by Gasteiger charge is 2.32. The van der Waals surface area contributed by atoms with Crippen LogP contribution in [-0.4, -0.2) is 25.6 Å². The minimum absolute atomic E-state index is 0.00195. The number of hydrogen-bond acceptors (Lipinski definition) is 4. The molecule has 1 aliphatic rings. The fourth-order valence-corrected chi connectivity index (χ4v) is 2.82. The van der Waals surface area contributed by atoms with Crippen LogP contribution in [0.2, 0.25) is 0 Å². The number of aromatic nitrogens is 3. The maximum atomic E-state index is 10.8. The Kier molecular flexibility index (Phi) is 3.03. The molecule has 1 saturated carbocycles. The summed E-state index contributed by atoms with van der Waals surface area (Å²) in [5, 5.41) is 18.3. The standard InChI is InChI=1S/C13H12N4O2S/c14-5-8-10-12(13(20)16-6-15-10)17(4-3-9(18)19)11(8)7-1-2-7/h6-7H,1-4H2,(H,18,19)(H,15,16,20). The van der Waals surface area contributed by atoms with Gasteiger partial charge < -0.3 is 14.7 Å². The van der Waals surface area contributed by atoms with Crippen LogP contribution in [-0.2, 0) is 11.3 Å². The van der Waals surface area contributed by atoms with Crippen LogP contribution in [0.15, 0.2) is 6.33 Å². The molecule has 1 aliphatic carbocycles. The second kappa shape index (κ2) is 4.72. The molecule has 0 atom stereocenters. The van der Waals surface area contributed by atoms with Gasteiger partial charge in [-0.1, -0.05) is 12.2 Å². The van der Waals surface area contributed by atoms with Gasteiger partial charge in [-0.15, -0.1) is 0 Å². The number of carboxylic acid groups (broad SMARTS) is 1. The molecule has 0 saturated heterocycles. The van der Waals surface area contributed by atoms with Crippen molar-refractivity contribution in [1.29, 1.82) is 5.26 Å². The second-order valence-electron chi connectivity index (χ2n) is 4.87. The van der Waals surface area contributed by atoms with Crippen LogP contribution in [0, 0.1) is 16.0 Å². The first kappa shape index (κ1) is 12.8. The zero-order valence-corrected chi connectivity index (χ0v) is 11.4. The predicted molar refractivity (Wildman–Crippen MR) is 73.9 cm³/mol. The summed E-state index contributed by atoms with van der Waals surface area (Å²) >= 11 is 5.24. The van der Waals surface area contributed by atoms with Crippen molar-refractivity contribution in [3.63, 3.8) is 0 Å². The Bertz CT molecular complexity index is 795. The van der Waals surface area contributed by atoms with Crippen molar-refractivity contribution in [3.8, 4) is 6.07 Å². The smallest absolute Gasteiger partial charge is 0.305 e. The number of nitrogens with one attached hydrogen (secondary N) is 1. The number of nitriles is 1. The summed E-state index contributed by atoms with van der Waals surface area (Å²) in [7, 11) is 0. The number of hydrogen-bond donors (Lipinski definition) is 2. The molecular weight excluding hydrogens is 276 g/mol. The van der Waals surface area contributed by atoms with E-state index in [9.17, 15) is 10.1 Å². The van der Waals surface area contributed by atoms with E-state index in [1.54, 1.807) is 0 Å². The Balaban J connectivity index is 2.28. The largest absolute Gasteiger partial charge is 0.481 e. The topological polar surface area (TPSA) is 94.7 Å². The highest BCUT2D eigenvalue weighted by atomic mass is 32.1. The maximum absolute atomic E-state index is 10.8. The van der Waals surface area contributed by atoms with Gasteiger partial charge >= 0.3 is 5.97 Å². The number of aryl methyl sites for hydroxylation is 1. The molecule has 2 aromatic heterocycles. The first-order valence-corrected chi connectivity index (χ1v) is 6.76. The monoisotopic (exact) mass is 288 g/mol. The van der Waals surface area contributed by atoms with E-state index in [1.807, 2.05) is 4.57 Å². The Hall–Kier alpha value is -2.20. The Morgan fingerprint density at radius 3 is 3.00 bits per heavy atom. The van der Waals surface area contributed by atoms with Gasteiger partial charge in [0.15, 0.2) is 4.64 Å². The molecule has 2 N–H and O–H groups in total. The molecule has 1 fully saturated rings. The Labute approximate surface area is 119 Å². The van der Waals surface area contributed by atoms with Gasteiger partial charge in [0.05, 0.1) is 23.8 Å². The fraction of sp³-hybridized carbons (Fsp3) is 0.385. The molecule has 102 valence electrons. The van der Waals surface area contributed by atoms with E-state index in [0.717, 1.165) is 18.5 Å². The van der Waals surface area contributed by atoms with Crippen LogP contribution in [0.1, 0.15) is 36.4 Å². The molecule has 3 rings (SSSR count). The van der Waals surface area contributed by atoms with E-state index < -0.39 is 5.97 Å². The average molecular weight is 288 g/mol. The number of carbonyl (C=O) groups is 1. The van der Waals surface area contributed by atoms with Crippen molar-refractivity contribution in [2.75, 3.05) is 0 Å². The van der Waals surface area contributed by atoms with Gasteiger partial charge in [0.2, 0.25) is 0 Å². The van der Waals surface area contributed by atoms with E-state index >= 15 is 0 Å². The normalized spacial score (nSPS) is 14.3. The lowest BCUT2D eigenvalue weighted by Crippen LogP contribution is -2.08. The molecule has 0 bridgehead atoms. The zero-order valence-electron chi connectivity index (χ0n) is 10.6. The van der Waals surface area contributed by atoms with Crippen LogP contribution < -0.4 is 0 Å². The number of aliphatic carboxylic acids is 1. The molecule has 0 aromatic carbocycles. The first-order valence-electron chi connectivity index (χ1n) is 6.35. The molecule has 20 heavy (non-hydrogen) atoms. The van der Waals surface area contributed by atoms with Gasteiger partial charge in [0, 0.05) is 18.2 Å². The van der Waals surface area contributed by atoms with Gasteiger partial charge in [0.25, 0.3) is 0 Å². The first-order chi connectivity index (χ1) is 9.63. The van der Waals surface area contributed by atoms with Crippen LogP contribution in [0.5, 0.6) is 0 Å². The van der Waals surface area contributed by atoms with Crippen molar-refractivity contribution in [2.24, 2.45) is 0 Å². The summed E-state index contributed by atoms with van der Waals surface area (Å²) < 4.78 is 2.26. The fourth-order valence-electron chi connectivity index (χ4n) is 2.55. The third-order valence-electron chi connectivity index (χ3n) is 3.52. The van der Waals surface area contributed by atoms with Gasteiger partial charge in [-0.2, -0.15) is 5.26 Å². The summed E-state index contributed by atoms with van der Waals surface area (Å²) in [6, 6.07) is 2.22. The second-order valence-corrected chi connectivity index (χ2v) is 5.26. The van der Waals surface area contributed by atoms with E-state index in [-0.39, 0.29) is 6.42 Å². The molecule has 0 spiro atoms. The lowest BCUT2D eigenvalue weighted by molar-refractivity contribution is -0.137. The van der Waals surface area contributed by atoms with E-state index in [1.165, 1.54) is 6.33 Å². The SMILES string of the molecule is N#Cc1c(C2CC2)n(CCC(=O)O)c2c(=S)nc[nH]c12. The predicted octanol–water partition coefficient (Wildman–Crippen LogP) is 2.32. The molecule has 6 nitrogen and oxygen atoms in total. The lowest BCUT2D eigenvalue weighted by Gasteiger charge is -2.08. The van der Waals surface area contributed by atoms with E-state index in [0.29, 0.717) is 33.7 Å². The third-order valence-corrected chi connectivity index (χ3v) is 3.82. The quantitative estimate of drug-likeness (QED) is 0.842. The van der Waals surface area contributed by atoms with Gasteiger partial charge in [-0.05, 0) is 12.8 Å². The molecule has 7 heteroatoms. The van der Waals surface area contributed by atoms with Crippen LogP contribution in [0.4, 0.5) is 0 Å². The highest BCUT2D eigenvalue weighted by molar-refractivity contribution is 7.71. The van der Waals surface area contributed by atoms with Crippen molar-refractivity contribution in [3.05, 3.63) is 22.2 Å². The van der Waals surface area contributed by atoms with Crippen LogP contribution >= 0.6 is 12.2 Å². The number of rotatable bonds is 4. The van der Waals surface area contributed by atoms with E-state index in [2.05, 4.69) is 16.0 Å². The van der Waals surface area contributed by atoms with E-state index in [4.69, 9.17) is 17.3 Å². The van der Waals surface area contributed by atoms with Gasteiger partial charge in [-0.25, -0.2) is 4.98 Å². The minimum atomic E-state index is -0.870. The summed E-state index contributed by atoms with van der Waals surface area (Å²) in [6.45, 7) is 0.308. The molecule has 0 unspecified atom stereocenters. The summed E-state index contributed by atoms with van der Waals surface area (Å²) in [5.41, 5.74) is 2.81. The maximum Gasteiger partial charge on any atom is 0.305 e. The number of nitrogens with zero attached hydrogens (tertiary/aromatic N) is 3. The molecule has 2 heterocycles. The van der Waals surface area contributed by atoms with Gasteiger partial charge in [-0.3, -0.25) is 4.79 Å². The number of H-pyrrole nitrogens is 1. The molecule has 2 aromatic rings. The molecule has 0 amide bonds. The lowest BCUT2D eigenvalue weighted by atomic mass is 10.2. The van der Waals surface area contributed by atoms with Crippen molar-refractivity contribution in [1.82, 2.24) is 14.5 Å². The summed E-state index contributed by atoms with van der Waals surface area (Å²) in [5.74, 6) is -0.542. The molecule has 0 radical (unpaired) electrons. The number of carboxylic acids is 1. The zero-order chi connectivity index (χ0) is 14.3. The highest BCUT2D eigenvalue weighted by Crippen LogP contribution is 2.44. The molecular formula is C13H12N4O2S.